The number of halogens is 1. The Morgan fingerprint density at radius 3 is 2.33 bits per heavy atom. The zero-order valence-electron chi connectivity index (χ0n) is 25.1. The fourth-order valence-corrected chi connectivity index (χ4v) is 5.07. The van der Waals surface area contributed by atoms with Crippen LogP contribution in [0.2, 0.25) is 0 Å². The van der Waals surface area contributed by atoms with Gasteiger partial charge in [0.15, 0.2) is 16.7 Å². The van der Waals surface area contributed by atoms with E-state index in [9.17, 15) is 9.18 Å². The predicted molar refractivity (Wildman–Crippen MR) is 166 cm³/mol. The number of aliphatic imine (C=N–C) groups is 1. The monoisotopic (exact) mass is 574 g/mol. The van der Waals surface area contributed by atoms with Crippen LogP contribution in [0.15, 0.2) is 45.6 Å². The summed E-state index contributed by atoms with van der Waals surface area (Å²) in [6, 6.07) is 4.60. The molecule has 0 spiro atoms. The highest BCUT2D eigenvalue weighted by molar-refractivity contribution is 8.12. The standard InChI is InChI=1S/C24H31FN4O2S.C6H16N2/c1-5-21-23(31-22-7-6-18(16-30)14-20(22)25)10-13-29(21)19-8-11-28(12-9-19)24(32-26-4)27-15-17(2)3;1-7(2)5-6-8(3)4/h6-7,14,16-17,19,23H,1,4,8-13,15H2,2-3H3;5-6H2,1-4H3. The van der Waals surface area contributed by atoms with Gasteiger partial charge in [0.1, 0.15) is 12.4 Å². The lowest BCUT2D eigenvalue weighted by Crippen LogP contribution is -2.45. The van der Waals surface area contributed by atoms with E-state index in [-0.39, 0.29) is 17.4 Å². The van der Waals surface area contributed by atoms with E-state index in [4.69, 9.17) is 9.73 Å². The number of nitrogens with zero attached hydrogens (tertiary/aromatic N) is 6. The number of hydrogen-bond acceptors (Lipinski definition) is 8. The Labute approximate surface area is 244 Å². The van der Waals surface area contributed by atoms with Gasteiger partial charge < -0.3 is 24.3 Å². The lowest BCUT2D eigenvalue weighted by Gasteiger charge is -2.38. The van der Waals surface area contributed by atoms with Crippen LogP contribution < -0.4 is 4.74 Å². The summed E-state index contributed by atoms with van der Waals surface area (Å²) in [5.41, 5.74) is 4.20. The molecule has 1 unspecified atom stereocenters. The third kappa shape index (κ3) is 10.7. The Kier molecular flexibility index (Phi) is 14.5. The third-order valence-corrected chi connectivity index (χ3v) is 7.38. The Bertz CT molecular complexity index is 1030. The first-order chi connectivity index (χ1) is 19.1. The highest BCUT2D eigenvalue weighted by atomic mass is 32.2. The van der Waals surface area contributed by atoms with Crippen LogP contribution in [-0.4, -0.2) is 117 Å². The molecule has 0 aromatic heterocycles. The van der Waals surface area contributed by atoms with Crippen molar-refractivity contribution in [2.45, 2.75) is 45.3 Å². The van der Waals surface area contributed by atoms with Crippen molar-refractivity contribution in [3.8, 4) is 5.75 Å². The molecule has 0 bridgehead atoms. The Hall–Kier alpha value is -2.65. The molecule has 2 saturated heterocycles. The average molecular weight is 575 g/mol. The van der Waals surface area contributed by atoms with Crippen LogP contribution in [-0.2, 0) is 0 Å². The minimum atomic E-state index is -0.536. The average Bonchev–Trinajstić information content (AvgIpc) is 3.33. The molecule has 2 heterocycles. The Morgan fingerprint density at radius 2 is 1.82 bits per heavy atom. The number of aldehydes is 1. The number of carbonyl (C=O) groups excluding carboxylic acids is 1. The molecule has 1 aromatic carbocycles. The summed E-state index contributed by atoms with van der Waals surface area (Å²) in [7, 11) is 8.35. The van der Waals surface area contributed by atoms with Crippen LogP contribution in [0.5, 0.6) is 5.75 Å². The summed E-state index contributed by atoms with van der Waals surface area (Å²) < 4.78 is 24.2. The fraction of sp³-hybridized carbons (Fsp3) is 0.600. The molecular weight excluding hydrogens is 527 g/mol. The smallest absolute Gasteiger partial charge is 0.182 e. The van der Waals surface area contributed by atoms with Crippen LogP contribution in [0.25, 0.3) is 0 Å². The van der Waals surface area contributed by atoms with Gasteiger partial charge in [-0.05, 0) is 71.9 Å². The number of likely N-dealkylation sites (N-methyl/N-ethyl adjacent to an activating group) is 2. The van der Waals surface area contributed by atoms with Crippen LogP contribution in [0.3, 0.4) is 0 Å². The highest BCUT2D eigenvalue weighted by Crippen LogP contribution is 2.32. The van der Waals surface area contributed by atoms with Crippen molar-refractivity contribution in [2.24, 2.45) is 15.3 Å². The lowest BCUT2D eigenvalue weighted by atomic mass is 10.0. The Balaban J connectivity index is 0.000000611. The summed E-state index contributed by atoms with van der Waals surface area (Å²) in [6.07, 6.45) is 3.00. The van der Waals surface area contributed by atoms with Gasteiger partial charge in [-0.15, -0.1) is 5.73 Å². The summed E-state index contributed by atoms with van der Waals surface area (Å²) in [6.45, 7) is 17.4. The number of likely N-dealkylation sites (tertiary alicyclic amines) is 2. The van der Waals surface area contributed by atoms with Crippen molar-refractivity contribution in [1.29, 1.82) is 0 Å². The van der Waals surface area contributed by atoms with E-state index in [0.29, 0.717) is 18.2 Å². The summed E-state index contributed by atoms with van der Waals surface area (Å²) in [5, 5.41) is 0.934. The molecule has 2 aliphatic heterocycles. The number of piperidine rings is 1. The maximum Gasteiger partial charge on any atom is 0.182 e. The van der Waals surface area contributed by atoms with Gasteiger partial charge >= 0.3 is 0 Å². The first-order valence-corrected chi connectivity index (χ1v) is 14.7. The quantitative estimate of drug-likeness (QED) is 0.132. The van der Waals surface area contributed by atoms with Gasteiger partial charge in [-0.1, -0.05) is 20.4 Å². The molecule has 3 rings (SSSR count). The number of ether oxygens (including phenoxy) is 1. The molecule has 0 amide bonds. The topological polar surface area (TPSA) is 64.0 Å². The molecule has 2 fully saturated rings. The van der Waals surface area contributed by atoms with Gasteiger partial charge in [0.2, 0.25) is 0 Å². The number of carbonyl (C=O) groups is 1. The van der Waals surface area contributed by atoms with Gasteiger partial charge in [-0.3, -0.25) is 9.79 Å². The van der Waals surface area contributed by atoms with E-state index in [0.717, 1.165) is 69.4 Å². The molecule has 40 heavy (non-hydrogen) atoms. The van der Waals surface area contributed by atoms with Crippen LogP contribution in [0, 0.1) is 11.7 Å². The minimum Gasteiger partial charge on any atom is -0.480 e. The summed E-state index contributed by atoms with van der Waals surface area (Å²) in [5.74, 6) is 0.102. The molecule has 1 aromatic rings. The second kappa shape index (κ2) is 17.2. The second-order valence-electron chi connectivity index (χ2n) is 11.0. The normalized spacial score (nSPS) is 18.2. The lowest BCUT2D eigenvalue weighted by molar-refractivity contribution is 0.112. The van der Waals surface area contributed by atoms with Crippen molar-refractivity contribution >= 4 is 30.1 Å². The zero-order valence-corrected chi connectivity index (χ0v) is 25.9. The van der Waals surface area contributed by atoms with Gasteiger partial charge in [0, 0.05) is 69.2 Å². The van der Waals surface area contributed by atoms with E-state index >= 15 is 0 Å². The SMILES string of the molecule is C=C=C1C(Oc2ccc(C=O)cc2F)CCN1C1CCN(C(=NCC(C)C)SN=C)CC1.CN(C)CCN(C)C. The van der Waals surface area contributed by atoms with E-state index in [1.807, 2.05) is 0 Å². The third-order valence-electron chi connectivity index (χ3n) is 6.70. The van der Waals surface area contributed by atoms with Crippen molar-refractivity contribution in [2.75, 3.05) is 67.5 Å². The molecule has 8 nitrogen and oxygen atoms in total. The molecule has 0 radical (unpaired) electrons. The summed E-state index contributed by atoms with van der Waals surface area (Å²) >= 11 is 1.34. The molecule has 222 valence electrons. The Morgan fingerprint density at radius 1 is 1.18 bits per heavy atom. The van der Waals surface area contributed by atoms with E-state index in [2.05, 4.69) is 85.1 Å². The number of hydrogen-bond donors (Lipinski definition) is 0. The molecule has 0 saturated carbocycles. The van der Waals surface area contributed by atoms with Crippen LogP contribution in [0.1, 0.15) is 43.5 Å². The highest BCUT2D eigenvalue weighted by Gasteiger charge is 2.36. The van der Waals surface area contributed by atoms with Crippen molar-refractivity contribution in [3.63, 3.8) is 0 Å². The number of amidine groups is 1. The molecule has 10 heteroatoms. The number of benzene rings is 1. The van der Waals surface area contributed by atoms with E-state index in [1.54, 1.807) is 6.07 Å². The van der Waals surface area contributed by atoms with Crippen molar-refractivity contribution in [3.05, 3.63) is 47.6 Å². The zero-order chi connectivity index (χ0) is 29.7. The molecule has 1 atom stereocenters. The van der Waals surface area contributed by atoms with Crippen LogP contribution >= 0.6 is 11.9 Å². The van der Waals surface area contributed by atoms with Gasteiger partial charge in [-0.2, -0.15) is 0 Å². The minimum absolute atomic E-state index is 0.143. The molecule has 2 aliphatic rings. The molecule has 0 N–H and O–H groups in total. The molecule has 0 aliphatic carbocycles. The van der Waals surface area contributed by atoms with Crippen LogP contribution in [0.4, 0.5) is 4.39 Å². The first kappa shape index (κ1) is 33.6. The maximum atomic E-state index is 14.3. The van der Waals surface area contributed by atoms with Gasteiger partial charge in [0.25, 0.3) is 0 Å². The summed E-state index contributed by atoms with van der Waals surface area (Å²) in [4.78, 5) is 24.5. The first-order valence-electron chi connectivity index (χ1n) is 13.9. The predicted octanol–water partition coefficient (Wildman–Crippen LogP) is 4.69. The fourth-order valence-electron chi connectivity index (χ4n) is 4.52. The van der Waals surface area contributed by atoms with Crippen molar-refractivity contribution < 1.29 is 13.9 Å². The largest absolute Gasteiger partial charge is 0.480 e. The van der Waals surface area contributed by atoms with E-state index < -0.39 is 5.82 Å². The van der Waals surface area contributed by atoms with Gasteiger partial charge in [0.05, 0.1) is 5.70 Å². The maximum absolute atomic E-state index is 14.3. The van der Waals surface area contributed by atoms with Crippen molar-refractivity contribution in [1.82, 2.24) is 19.6 Å². The number of rotatable bonds is 10. The second-order valence-corrected chi connectivity index (χ2v) is 11.8. The molecular formula is C30H47FN6O2S. The van der Waals surface area contributed by atoms with E-state index in [1.165, 1.54) is 24.1 Å². The van der Waals surface area contributed by atoms with Gasteiger partial charge in [-0.25, -0.2) is 8.79 Å².